The van der Waals surface area contributed by atoms with E-state index in [9.17, 15) is 0 Å². The molecular formula is C15H18N2S. The molecule has 0 fully saturated rings. The van der Waals surface area contributed by atoms with Gasteiger partial charge in [0.15, 0.2) is 0 Å². The third-order valence-corrected chi connectivity index (χ3v) is 4.04. The Bertz CT molecular complexity index is 511. The van der Waals surface area contributed by atoms with Gasteiger partial charge in [-0.15, -0.1) is 11.8 Å². The average molecular weight is 258 g/mol. The van der Waals surface area contributed by atoms with Crippen LogP contribution in [-0.4, -0.2) is 10.7 Å². The molecule has 2 rings (SSSR count). The number of aryl methyl sites for hydroxylation is 2. The molecule has 2 nitrogen and oxygen atoms in total. The lowest BCUT2D eigenvalue weighted by molar-refractivity contribution is 0.821. The predicted molar refractivity (Wildman–Crippen MR) is 77.8 cm³/mol. The molecule has 0 radical (unpaired) electrons. The van der Waals surface area contributed by atoms with Crippen LogP contribution in [0.3, 0.4) is 0 Å². The first-order valence-corrected chi connectivity index (χ1v) is 7.01. The number of nitrogens with two attached hydrogens (primary N) is 1. The Kier molecular flexibility index (Phi) is 4.39. The minimum Gasteiger partial charge on any atom is -0.323 e. The number of nitrogens with zero attached hydrogens (tertiary/aromatic N) is 1. The molecule has 2 aromatic rings. The van der Waals surface area contributed by atoms with E-state index in [2.05, 4.69) is 37.0 Å². The van der Waals surface area contributed by atoms with Gasteiger partial charge in [-0.1, -0.05) is 23.8 Å². The molecule has 0 saturated carbocycles. The Hall–Kier alpha value is -1.32. The zero-order valence-corrected chi connectivity index (χ0v) is 11.6. The quantitative estimate of drug-likeness (QED) is 0.853. The van der Waals surface area contributed by atoms with Crippen LogP contribution < -0.4 is 5.73 Å². The van der Waals surface area contributed by atoms with Crippen molar-refractivity contribution in [1.29, 1.82) is 0 Å². The van der Waals surface area contributed by atoms with Crippen LogP contribution in [0.4, 0.5) is 0 Å². The van der Waals surface area contributed by atoms with Gasteiger partial charge in [-0.25, -0.2) is 0 Å². The Morgan fingerprint density at radius 3 is 2.61 bits per heavy atom. The van der Waals surface area contributed by atoms with Crippen LogP contribution in [0.5, 0.6) is 0 Å². The van der Waals surface area contributed by atoms with Crippen molar-refractivity contribution >= 4 is 11.8 Å². The van der Waals surface area contributed by atoms with Crippen LogP contribution in [0, 0.1) is 13.8 Å². The van der Waals surface area contributed by atoms with Crippen molar-refractivity contribution in [3.63, 3.8) is 0 Å². The number of hydrogen-bond donors (Lipinski definition) is 1. The maximum Gasteiger partial charge on any atom is 0.0393 e. The summed E-state index contributed by atoms with van der Waals surface area (Å²) in [5.41, 5.74) is 10.1. The maximum atomic E-state index is 6.28. The summed E-state index contributed by atoms with van der Waals surface area (Å²) in [5, 5.41) is 0. The lowest BCUT2D eigenvalue weighted by Crippen LogP contribution is -2.14. The minimum absolute atomic E-state index is 0.0723. The number of hydrogen-bond acceptors (Lipinski definition) is 3. The minimum atomic E-state index is 0.0723. The molecule has 1 unspecified atom stereocenters. The smallest absolute Gasteiger partial charge is 0.0393 e. The highest BCUT2D eigenvalue weighted by Crippen LogP contribution is 2.25. The van der Waals surface area contributed by atoms with Crippen molar-refractivity contribution < 1.29 is 0 Å². The fraction of sp³-hybridized carbons (Fsp3) is 0.267. The van der Waals surface area contributed by atoms with Gasteiger partial charge in [-0.2, -0.15) is 0 Å². The van der Waals surface area contributed by atoms with Crippen LogP contribution in [0.2, 0.25) is 0 Å². The SMILES string of the molecule is Cc1ccc(C)c(C(N)CSc2ccncc2)c1. The number of benzene rings is 1. The van der Waals surface area contributed by atoms with Gasteiger partial charge in [-0.3, -0.25) is 4.98 Å². The van der Waals surface area contributed by atoms with Crippen molar-refractivity contribution in [3.05, 3.63) is 59.4 Å². The van der Waals surface area contributed by atoms with E-state index in [4.69, 9.17) is 5.73 Å². The largest absolute Gasteiger partial charge is 0.323 e. The summed E-state index contributed by atoms with van der Waals surface area (Å²) in [6, 6.07) is 10.6. The summed E-state index contributed by atoms with van der Waals surface area (Å²) < 4.78 is 0. The zero-order valence-electron chi connectivity index (χ0n) is 10.8. The molecule has 0 aliphatic carbocycles. The highest BCUT2D eigenvalue weighted by molar-refractivity contribution is 7.99. The second-order valence-electron chi connectivity index (χ2n) is 4.46. The summed E-state index contributed by atoms with van der Waals surface area (Å²) in [6.07, 6.45) is 3.62. The van der Waals surface area contributed by atoms with Gasteiger partial charge >= 0.3 is 0 Å². The van der Waals surface area contributed by atoms with E-state index >= 15 is 0 Å². The molecule has 2 N–H and O–H groups in total. The number of aromatic nitrogens is 1. The standard InChI is InChI=1S/C15H18N2S/c1-11-3-4-12(2)14(9-11)15(16)10-18-13-5-7-17-8-6-13/h3-9,15H,10,16H2,1-2H3. The highest BCUT2D eigenvalue weighted by Gasteiger charge is 2.09. The fourth-order valence-electron chi connectivity index (χ4n) is 1.87. The number of thioether (sulfide) groups is 1. The summed E-state index contributed by atoms with van der Waals surface area (Å²) in [4.78, 5) is 5.23. The lowest BCUT2D eigenvalue weighted by atomic mass is 10.0. The van der Waals surface area contributed by atoms with Crippen molar-refractivity contribution in [2.75, 3.05) is 5.75 Å². The molecule has 18 heavy (non-hydrogen) atoms. The Morgan fingerprint density at radius 1 is 1.17 bits per heavy atom. The van der Waals surface area contributed by atoms with Gasteiger partial charge in [0, 0.05) is 29.1 Å². The summed E-state index contributed by atoms with van der Waals surface area (Å²) in [7, 11) is 0. The number of pyridine rings is 1. The molecule has 0 saturated heterocycles. The van der Waals surface area contributed by atoms with Gasteiger partial charge in [0.25, 0.3) is 0 Å². The van der Waals surface area contributed by atoms with E-state index in [1.807, 2.05) is 24.5 Å². The predicted octanol–water partition coefficient (Wildman–Crippen LogP) is 3.49. The van der Waals surface area contributed by atoms with Crippen LogP contribution >= 0.6 is 11.8 Å². The Labute approximate surface area is 113 Å². The van der Waals surface area contributed by atoms with Gasteiger partial charge < -0.3 is 5.73 Å². The maximum absolute atomic E-state index is 6.28. The summed E-state index contributed by atoms with van der Waals surface area (Å²) in [5.74, 6) is 0.883. The first kappa shape index (κ1) is 13.1. The third kappa shape index (κ3) is 3.34. The molecular weight excluding hydrogens is 240 g/mol. The van der Waals surface area contributed by atoms with Gasteiger partial charge in [0.05, 0.1) is 0 Å². The third-order valence-electron chi connectivity index (χ3n) is 2.91. The topological polar surface area (TPSA) is 38.9 Å². The zero-order chi connectivity index (χ0) is 13.0. The normalized spacial score (nSPS) is 12.4. The first-order valence-electron chi connectivity index (χ1n) is 6.02. The van der Waals surface area contributed by atoms with Crippen LogP contribution in [0.25, 0.3) is 0 Å². The molecule has 94 valence electrons. The fourth-order valence-corrected chi connectivity index (χ4v) is 2.74. The summed E-state index contributed by atoms with van der Waals surface area (Å²) >= 11 is 1.77. The van der Waals surface area contributed by atoms with E-state index in [1.54, 1.807) is 11.8 Å². The molecule has 1 aromatic carbocycles. The molecule has 3 heteroatoms. The van der Waals surface area contributed by atoms with E-state index < -0.39 is 0 Å². The lowest BCUT2D eigenvalue weighted by Gasteiger charge is -2.15. The molecule has 1 atom stereocenters. The monoisotopic (exact) mass is 258 g/mol. The molecule has 0 aliphatic rings. The van der Waals surface area contributed by atoms with Crippen molar-refractivity contribution in [2.24, 2.45) is 5.73 Å². The van der Waals surface area contributed by atoms with Crippen molar-refractivity contribution in [2.45, 2.75) is 24.8 Å². The van der Waals surface area contributed by atoms with Crippen molar-refractivity contribution in [1.82, 2.24) is 4.98 Å². The molecule has 1 aromatic heterocycles. The second kappa shape index (κ2) is 6.03. The first-order chi connectivity index (χ1) is 8.66. The Balaban J connectivity index is 2.03. The molecule has 1 heterocycles. The van der Waals surface area contributed by atoms with E-state index in [0.717, 1.165) is 5.75 Å². The van der Waals surface area contributed by atoms with Gasteiger partial charge in [-0.05, 0) is 37.1 Å². The molecule has 0 bridgehead atoms. The van der Waals surface area contributed by atoms with E-state index in [-0.39, 0.29) is 6.04 Å². The van der Waals surface area contributed by atoms with Gasteiger partial charge in [0.2, 0.25) is 0 Å². The molecule has 0 spiro atoms. The van der Waals surface area contributed by atoms with Crippen LogP contribution in [0.1, 0.15) is 22.7 Å². The van der Waals surface area contributed by atoms with E-state index in [0.29, 0.717) is 0 Å². The Morgan fingerprint density at radius 2 is 1.89 bits per heavy atom. The van der Waals surface area contributed by atoms with Crippen LogP contribution in [0.15, 0.2) is 47.6 Å². The average Bonchev–Trinajstić information content (AvgIpc) is 2.40. The van der Waals surface area contributed by atoms with Gasteiger partial charge in [0.1, 0.15) is 0 Å². The van der Waals surface area contributed by atoms with Crippen molar-refractivity contribution in [3.8, 4) is 0 Å². The highest BCUT2D eigenvalue weighted by atomic mass is 32.2. The van der Waals surface area contributed by atoms with E-state index in [1.165, 1.54) is 21.6 Å². The van der Waals surface area contributed by atoms with Crippen LogP contribution in [-0.2, 0) is 0 Å². The molecule has 0 aliphatic heterocycles. The molecule has 0 amide bonds. The number of rotatable bonds is 4. The second-order valence-corrected chi connectivity index (χ2v) is 5.55. The summed E-state index contributed by atoms with van der Waals surface area (Å²) in [6.45, 7) is 4.22.